The number of benzene rings is 1. The van der Waals surface area contributed by atoms with Crippen LogP contribution >= 0.6 is 23.6 Å². The van der Waals surface area contributed by atoms with Crippen molar-refractivity contribution < 1.29 is 0 Å². The zero-order valence-electron chi connectivity index (χ0n) is 9.30. The fraction of sp³-hybridized carbons (Fsp3) is 0.167. The van der Waals surface area contributed by atoms with Gasteiger partial charge in [-0.2, -0.15) is 0 Å². The van der Waals surface area contributed by atoms with Crippen LogP contribution in [0.1, 0.15) is 10.4 Å². The Kier molecular flexibility index (Phi) is 2.57. The van der Waals surface area contributed by atoms with E-state index in [0.29, 0.717) is 0 Å². The van der Waals surface area contributed by atoms with Gasteiger partial charge in [0.15, 0.2) is 4.77 Å². The molecule has 0 amide bonds. The molecule has 0 unspecified atom stereocenters. The summed E-state index contributed by atoms with van der Waals surface area (Å²) < 4.78 is 2.88. The van der Waals surface area contributed by atoms with Crippen molar-refractivity contribution >= 4 is 34.6 Å². The molecule has 86 valence electrons. The van der Waals surface area contributed by atoms with Gasteiger partial charge in [0.2, 0.25) is 0 Å². The fourth-order valence-corrected chi connectivity index (χ4v) is 2.80. The summed E-state index contributed by atoms with van der Waals surface area (Å²) in [7, 11) is 0. The Labute approximate surface area is 108 Å². The van der Waals surface area contributed by atoms with Crippen LogP contribution in [0.4, 0.5) is 0 Å². The van der Waals surface area contributed by atoms with Crippen LogP contribution in [0.15, 0.2) is 29.9 Å². The first kappa shape index (κ1) is 10.7. The summed E-state index contributed by atoms with van der Waals surface area (Å²) in [6, 6.07) is 6.24. The Balaban J connectivity index is 2.19. The summed E-state index contributed by atoms with van der Waals surface area (Å²) >= 11 is 7.03. The van der Waals surface area contributed by atoms with Gasteiger partial charge in [-0.1, -0.05) is 12.1 Å². The maximum atomic E-state index is 5.38. The van der Waals surface area contributed by atoms with Crippen molar-refractivity contribution in [1.29, 1.82) is 0 Å². The van der Waals surface area contributed by atoms with Gasteiger partial charge in [-0.05, 0) is 30.8 Å². The van der Waals surface area contributed by atoms with Crippen LogP contribution in [-0.4, -0.2) is 14.5 Å². The third kappa shape index (κ3) is 1.81. The smallest absolute Gasteiger partial charge is 0.178 e. The number of fused-ring (bicyclic) bond motifs is 1. The van der Waals surface area contributed by atoms with E-state index >= 15 is 0 Å². The molecule has 0 bridgehead atoms. The van der Waals surface area contributed by atoms with E-state index in [1.807, 2.05) is 11.7 Å². The van der Waals surface area contributed by atoms with Crippen LogP contribution in [-0.2, 0) is 6.54 Å². The molecule has 0 radical (unpaired) electrons. The Bertz CT molecular complexity index is 707. The van der Waals surface area contributed by atoms with Gasteiger partial charge in [-0.15, -0.1) is 11.3 Å². The number of hydrogen-bond acceptors (Lipinski definition) is 3. The number of para-hydroxylation sites is 1. The second-order valence-corrected chi connectivity index (χ2v) is 5.31. The van der Waals surface area contributed by atoms with Gasteiger partial charge in [0.1, 0.15) is 0 Å². The topological polar surface area (TPSA) is 33.6 Å². The highest BCUT2D eigenvalue weighted by molar-refractivity contribution is 7.71. The number of aromatic amines is 1. The van der Waals surface area contributed by atoms with E-state index in [4.69, 9.17) is 12.2 Å². The third-order valence-corrected chi connectivity index (χ3v) is 3.90. The normalized spacial score (nSPS) is 11.1. The van der Waals surface area contributed by atoms with Crippen molar-refractivity contribution in [2.24, 2.45) is 0 Å². The maximum absolute atomic E-state index is 5.38. The number of H-pyrrole nitrogens is 1. The first-order valence-electron chi connectivity index (χ1n) is 5.31. The van der Waals surface area contributed by atoms with E-state index in [2.05, 4.69) is 39.7 Å². The van der Waals surface area contributed by atoms with Gasteiger partial charge >= 0.3 is 0 Å². The number of aromatic nitrogens is 3. The molecule has 17 heavy (non-hydrogen) atoms. The molecule has 0 aliphatic carbocycles. The van der Waals surface area contributed by atoms with Crippen LogP contribution in [0, 0.1) is 11.7 Å². The maximum Gasteiger partial charge on any atom is 0.178 e. The van der Waals surface area contributed by atoms with E-state index in [1.165, 1.54) is 10.4 Å². The lowest BCUT2D eigenvalue weighted by molar-refractivity contribution is 0.821. The zero-order valence-corrected chi connectivity index (χ0v) is 10.9. The van der Waals surface area contributed by atoms with Gasteiger partial charge in [0.05, 0.1) is 23.1 Å². The Hall–Kier alpha value is -1.46. The molecule has 1 N–H and O–H groups in total. The highest BCUT2D eigenvalue weighted by Gasteiger charge is 2.07. The lowest BCUT2D eigenvalue weighted by Gasteiger charge is -2.02. The molecule has 0 saturated carbocycles. The van der Waals surface area contributed by atoms with Crippen molar-refractivity contribution in [3.05, 3.63) is 45.1 Å². The van der Waals surface area contributed by atoms with Crippen molar-refractivity contribution in [2.45, 2.75) is 13.5 Å². The molecular weight excluding hydrogens is 250 g/mol. The largest absolute Gasteiger partial charge is 0.330 e. The quantitative estimate of drug-likeness (QED) is 0.716. The summed E-state index contributed by atoms with van der Waals surface area (Å²) in [5.41, 5.74) is 5.35. The Morgan fingerprint density at radius 2 is 2.35 bits per heavy atom. The van der Waals surface area contributed by atoms with E-state index in [-0.39, 0.29) is 0 Å². The molecule has 0 saturated heterocycles. The average molecular weight is 261 g/mol. The first-order valence-corrected chi connectivity index (χ1v) is 6.60. The molecule has 0 aliphatic rings. The molecule has 0 atom stereocenters. The molecule has 2 aromatic heterocycles. The van der Waals surface area contributed by atoms with Crippen LogP contribution in [0.5, 0.6) is 0 Å². The van der Waals surface area contributed by atoms with Crippen molar-refractivity contribution in [1.82, 2.24) is 14.5 Å². The van der Waals surface area contributed by atoms with Gasteiger partial charge in [-0.25, -0.2) is 0 Å². The fourth-order valence-electron chi connectivity index (χ4n) is 1.96. The average Bonchev–Trinajstić information content (AvgIpc) is 2.91. The molecule has 3 aromatic rings. The molecule has 1 aromatic carbocycles. The Morgan fingerprint density at radius 3 is 3.12 bits per heavy atom. The van der Waals surface area contributed by atoms with Gasteiger partial charge in [0.25, 0.3) is 0 Å². The third-order valence-electron chi connectivity index (χ3n) is 2.82. The second kappa shape index (κ2) is 4.09. The molecule has 2 heterocycles. The highest BCUT2D eigenvalue weighted by atomic mass is 32.1. The van der Waals surface area contributed by atoms with Crippen molar-refractivity contribution in [3.8, 4) is 0 Å². The molecule has 0 spiro atoms. The van der Waals surface area contributed by atoms with Gasteiger partial charge in [-0.3, -0.25) is 4.98 Å². The lowest BCUT2D eigenvalue weighted by atomic mass is 10.2. The van der Waals surface area contributed by atoms with Gasteiger partial charge < -0.3 is 9.55 Å². The molecule has 0 fully saturated rings. The number of nitrogens with one attached hydrogen (secondary N) is 1. The monoisotopic (exact) mass is 261 g/mol. The van der Waals surface area contributed by atoms with Crippen LogP contribution in [0.25, 0.3) is 11.0 Å². The lowest BCUT2D eigenvalue weighted by Crippen LogP contribution is -1.97. The minimum absolute atomic E-state index is 0.766. The summed E-state index contributed by atoms with van der Waals surface area (Å²) in [5.74, 6) is 0. The number of aryl methyl sites for hydroxylation is 1. The molecular formula is C12H11N3S2. The van der Waals surface area contributed by atoms with Crippen LogP contribution in [0.2, 0.25) is 0 Å². The number of imidazole rings is 1. The van der Waals surface area contributed by atoms with E-state index in [9.17, 15) is 0 Å². The molecule has 5 heteroatoms. The summed E-state index contributed by atoms with van der Waals surface area (Å²) in [6.45, 7) is 2.87. The number of rotatable bonds is 2. The van der Waals surface area contributed by atoms with Gasteiger partial charge in [0, 0.05) is 11.1 Å². The Morgan fingerprint density at radius 1 is 1.47 bits per heavy atom. The number of hydrogen-bond donors (Lipinski definition) is 1. The zero-order chi connectivity index (χ0) is 11.8. The first-order chi connectivity index (χ1) is 8.25. The summed E-state index contributed by atoms with van der Waals surface area (Å²) in [6.07, 6.45) is 1.89. The van der Waals surface area contributed by atoms with Crippen molar-refractivity contribution in [2.75, 3.05) is 0 Å². The minimum Gasteiger partial charge on any atom is -0.330 e. The molecule has 0 aliphatic heterocycles. The minimum atomic E-state index is 0.766. The van der Waals surface area contributed by atoms with Crippen LogP contribution in [0.3, 0.4) is 0 Å². The second-order valence-electron chi connectivity index (χ2n) is 3.95. The number of thiazole rings is 1. The van der Waals surface area contributed by atoms with E-state index in [0.717, 1.165) is 22.3 Å². The SMILES string of the molecule is Cc1cccc2c1[nH]c(=S)n2Cc1cncs1. The standard InChI is InChI=1S/C12H11N3S2/c1-8-3-2-4-10-11(8)14-12(16)15(10)6-9-5-13-7-17-9/h2-5,7H,6H2,1H3,(H,14,16). The van der Waals surface area contributed by atoms with E-state index < -0.39 is 0 Å². The molecule has 3 rings (SSSR count). The summed E-state index contributed by atoms with van der Waals surface area (Å²) in [4.78, 5) is 8.57. The molecule has 3 nitrogen and oxygen atoms in total. The number of nitrogens with zero attached hydrogens (tertiary/aromatic N) is 2. The summed E-state index contributed by atoms with van der Waals surface area (Å²) in [5, 5.41) is 0. The predicted octanol–water partition coefficient (Wildman–Crippen LogP) is 3.51. The van der Waals surface area contributed by atoms with Crippen LogP contribution < -0.4 is 0 Å². The van der Waals surface area contributed by atoms with E-state index in [1.54, 1.807) is 11.3 Å². The van der Waals surface area contributed by atoms with Crippen molar-refractivity contribution in [3.63, 3.8) is 0 Å². The highest BCUT2D eigenvalue weighted by Crippen LogP contribution is 2.19. The predicted molar refractivity (Wildman–Crippen MR) is 73.1 cm³/mol.